The molecule has 2 aromatic rings. The van der Waals surface area contributed by atoms with Crippen LogP contribution in [0.15, 0.2) is 48.7 Å². The first-order chi connectivity index (χ1) is 10.3. The fraction of sp³-hybridized carbons (Fsp3) is 0.250. The Labute approximate surface area is 123 Å². The number of anilines is 1. The van der Waals surface area contributed by atoms with Crippen molar-refractivity contribution in [1.82, 2.24) is 10.3 Å². The number of methoxy groups -OCH3 is 1. The minimum absolute atomic E-state index is 0.0525. The Morgan fingerprint density at radius 2 is 2.00 bits per heavy atom. The fourth-order valence-electron chi connectivity index (χ4n) is 2.31. The van der Waals surface area contributed by atoms with Gasteiger partial charge in [-0.2, -0.15) is 0 Å². The van der Waals surface area contributed by atoms with E-state index in [4.69, 9.17) is 4.74 Å². The lowest BCUT2D eigenvalue weighted by atomic mass is 10.1. The van der Waals surface area contributed by atoms with Crippen molar-refractivity contribution in [3.8, 4) is 5.75 Å². The van der Waals surface area contributed by atoms with Crippen molar-refractivity contribution in [2.24, 2.45) is 0 Å². The molecule has 0 bridgehead atoms. The monoisotopic (exact) mass is 283 g/mol. The molecular formula is C16H17N3O2. The molecule has 2 heterocycles. The third kappa shape index (κ3) is 2.97. The van der Waals surface area contributed by atoms with Crippen molar-refractivity contribution in [2.75, 3.05) is 25.1 Å². The molecule has 21 heavy (non-hydrogen) atoms. The van der Waals surface area contributed by atoms with Gasteiger partial charge in [0.1, 0.15) is 11.6 Å². The van der Waals surface area contributed by atoms with Gasteiger partial charge < -0.3 is 15.0 Å². The van der Waals surface area contributed by atoms with E-state index >= 15 is 0 Å². The Morgan fingerprint density at radius 1 is 1.24 bits per heavy atom. The van der Waals surface area contributed by atoms with E-state index in [-0.39, 0.29) is 11.9 Å². The summed E-state index contributed by atoms with van der Waals surface area (Å²) in [5.74, 6) is 1.65. The molecule has 5 heteroatoms. The fourth-order valence-corrected chi connectivity index (χ4v) is 2.31. The molecule has 1 amide bonds. The number of hydrogen-bond acceptors (Lipinski definition) is 4. The van der Waals surface area contributed by atoms with Gasteiger partial charge in [0, 0.05) is 24.8 Å². The maximum Gasteiger partial charge on any atom is 0.251 e. The zero-order valence-electron chi connectivity index (χ0n) is 11.8. The largest absolute Gasteiger partial charge is 0.497 e. The summed E-state index contributed by atoms with van der Waals surface area (Å²) in [6.07, 6.45) is 1.78. The van der Waals surface area contributed by atoms with Crippen molar-refractivity contribution in [2.45, 2.75) is 6.04 Å². The van der Waals surface area contributed by atoms with Gasteiger partial charge in [-0.1, -0.05) is 6.07 Å². The molecule has 3 rings (SSSR count). The molecule has 0 spiro atoms. The van der Waals surface area contributed by atoms with Gasteiger partial charge in [0.05, 0.1) is 13.2 Å². The topological polar surface area (TPSA) is 54.5 Å². The molecule has 0 radical (unpaired) electrons. The average Bonchev–Trinajstić information content (AvgIpc) is 2.51. The van der Waals surface area contributed by atoms with Crippen LogP contribution in [0.25, 0.3) is 0 Å². The number of aromatic nitrogens is 1. The first-order valence-electron chi connectivity index (χ1n) is 6.87. The molecule has 0 atom stereocenters. The van der Waals surface area contributed by atoms with Gasteiger partial charge in [0.2, 0.25) is 0 Å². The molecule has 1 aromatic carbocycles. The highest BCUT2D eigenvalue weighted by Crippen LogP contribution is 2.18. The second-order valence-corrected chi connectivity index (χ2v) is 4.99. The molecule has 0 aliphatic carbocycles. The maximum atomic E-state index is 12.1. The van der Waals surface area contributed by atoms with E-state index in [2.05, 4.69) is 15.2 Å². The smallest absolute Gasteiger partial charge is 0.251 e. The van der Waals surface area contributed by atoms with Crippen LogP contribution in [0.4, 0.5) is 5.82 Å². The normalized spacial score (nSPS) is 14.4. The summed E-state index contributed by atoms with van der Waals surface area (Å²) < 4.78 is 5.08. The number of nitrogens with zero attached hydrogens (tertiary/aromatic N) is 2. The van der Waals surface area contributed by atoms with Crippen molar-refractivity contribution in [1.29, 1.82) is 0 Å². The van der Waals surface area contributed by atoms with Crippen LogP contribution in [0.2, 0.25) is 0 Å². The highest BCUT2D eigenvalue weighted by molar-refractivity contribution is 5.94. The molecule has 108 valence electrons. The van der Waals surface area contributed by atoms with Crippen molar-refractivity contribution >= 4 is 11.7 Å². The molecule has 5 nitrogen and oxygen atoms in total. The van der Waals surface area contributed by atoms with E-state index in [0.29, 0.717) is 5.56 Å². The molecule has 1 fully saturated rings. The average molecular weight is 283 g/mol. The van der Waals surface area contributed by atoms with Crippen LogP contribution in [0.3, 0.4) is 0 Å². The second-order valence-electron chi connectivity index (χ2n) is 4.99. The van der Waals surface area contributed by atoms with Crippen LogP contribution in [-0.2, 0) is 0 Å². The summed E-state index contributed by atoms with van der Waals surface area (Å²) in [5, 5.41) is 3.02. The second kappa shape index (κ2) is 5.83. The van der Waals surface area contributed by atoms with Crippen LogP contribution in [0.1, 0.15) is 10.4 Å². The van der Waals surface area contributed by atoms with Gasteiger partial charge >= 0.3 is 0 Å². The third-order valence-corrected chi connectivity index (χ3v) is 3.54. The van der Waals surface area contributed by atoms with E-state index < -0.39 is 0 Å². The molecular weight excluding hydrogens is 266 g/mol. The summed E-state index contributed by atoms with van der Waals surface area (Å²) in [7, 11) is 1.61. The van der Waals surface area contributed by atoms with Crippen LogP contribution in [0, 0.1) is 0 Å². The molecule has 1 aliphatic rings. The number of carbonyl (C=O) groups excluding carboxylic acids is 1. The third-order valence-electron chi connectivity index (χ3n) is 3.54. The Bertz CT molecular complexity index is 607. The van der Waals surface area contributed by atoms with Gasteiger partial charge in [0.25, 0.3) is 5.91 Å². The lowest BCUT2D eigenvalue weighted by Gasteiger charge is -2.40. The molecule has 1 saturated heterocycles. The summed E-state index contributed by atoms with van der Waals surface area (Å²) in [6.45, 7) is 1.58. The standard InChI is InChI=1S/C16H17N3O2/c1-21-14-7-5-12(6-8-14)16(20)18-13-10-19(11-13)15-4-2-3-9-17-15/h2-9,13H,10-11H2,1H3,(H,18,20). The van der Waals surface area contributed by atoms with Gasteiger partial charge in [-0.25, -0.2) is 4.98 Å². The summed E-state index contributed by atoms with van der Waals surface area (Å²) in [4.78, 5) is 18.5. The van der Waals surface area contributed by atoms with Gasteiger partial charge in [0.15, 0.2) is 0 Å². The number of carbonyl (C=O) groups is 1. The molecule has 1 aliphatic heterocycles. The number of nitrogens with one attached hydrogen (secondary N) is 1. The lowest BCUT2D eigenvalue weighted by molar-refractivity contribution is 0.0930. The first-order valence-corrected chi connectivity index (χ1v) is 6.87. The summed E-state index contributed by atoms with van der Waals surface area (Å²) in [5.41, 5.74) is 0.645. The predicted octanol–water partition coefficient (Wildman–Crippen LogP) is 1.71. The van der Waals surface area contributed by atoms with Crippen LogP contribution in [-0.4, -0.2) is 37.1 Å². The minimum atomic E-state index is -0.0525. The first kappa shape index (κ1) is 13.4. The highest BCUT2D eigenvalue weighted by atomic mass is 16.5. The Morgan fingerprint density at radius 3 is 2.62 bits per heavy atom. The van der Waals surface area contributed by atoms with E-state index in [1.54, 1.807) is 37.6 Å². The van der Waals surface area contributed by atoms with Crippen molar-refractivity contribution < 1.29 is 9.53 Å². The molecule has 1 N–H and O–H groups in total. The van der Waals surface area contributed by atoms with E-state index in [1.807, 2.05) is 18.2 Å². The van der Waals surface area contributed by atoms with Crippen molar-refractivity contribution in [3.63, 3.8) is 0 Å². The maximum absolute atomic E-state index is 12.1. The van der Waals surface area contributed by atoms with Gasteiger partial charge in [-0.05, 0) is 36.4 Å². The van der Waals surface area contributed by atoms with E-state index in [1.165, 1.54) is 0 Å². The Balaban J connectivity index is 1.53. The van der Waals surface area contributed by atoms with Crippen LogP contribution < -0.4 is 15.0 Å². The number of pyridine rings is 1. The Hall–Kier alpha value is -2.56. The Kier molecular flexibility index (Phi) is 3.73. The summed E-state index contributed by atoms with van der Waals surface area (Å²) >= 11 is 0. The van der Waals surface area contributed by atoms with Crippen LogP contribution >= 0.6 is 0 Å². The molecule has 0 unspecified atom stereocenters. The SMILES string of the molecule is COc1ccc(C(=O)NC2CN(c3ccccn3)C2)cc1. The quantitative estimate of drug-likeness (QED) is 0.928. The summed E-state index contributed by atoms with van der Waals surface area (Å²) in [6, 6.07) is 13.1. The zero-order chi connectivity index (χ0) is 14.7. The number of amides is 1. The molecule has 0 saturated carbocycles. The highest BCUT2D eigenvalue weighted by Gasteiger charge is 2.28. The lowest BCUT2D eigenvalue weighted by Crippen LogP contribution is -2.59. The van der Waals surface area contributed by atoms with Crippen molar-refractivity contribution in [3.05, 3.63) is 54.2 Å². The van der Waals surface area contributed by atoms with E-state index in [9.17, 15) is 4.79 Å². The minimum Gasteiger partial charge on any atom is -0.497 e. The number of benzene rings is 1. The number of ether oxygens (including phenoxy) is 1. The molecule has 1 aromatic heterocycles. The van der Waals surface area contributed by atoms with Gasteiger partial charge in [-0.3, -0.25) is 4.79 Å². The van der Waals surface area contributed by atoms with E-state index in [0.717, 1.165) is 24.7 Å². The van der Waals surface area contributed by atoms with Gasteiger partial charge in [-0.15, -0.1) is 0 Å². The van der Waals surface area contributed by atoms with Crippen LogP contribution in [0.5, 0.6) is 5.75 Å². The predicted molar refractivity (Wildman–Crippen MR) is 80.7 cm³/mol. The number of rotatable bonds is 4. The number of hydrogen-bond donors (Lipinski definition) is 1. The zero-order valence-corrected chi connectivity index (χ0v) is 11.8.